The number of benzene rings is 3. The molecule has 0 heterocycles. The first kappa shape index (κ1) is 25.5. The minimum absolute atomic E-state index is 0.0943. The van der Waals surface area contributed by atoms with E-state index in [1.165, 1.54) is 19.4 Å². The first-order valence-corrected chi connectivity index (χ1v) is 10.9. The van der Waals surface area contributed by atoms with Crippen LogP contribution in [0.15, 0.2) is 60.8 Å². The normalized spacial score (nSPS) is 11.0. The standard InChI is InChI=1S/C27H26ClNO6/c1-32-22-12-9-19(6-5-17-15-23(33-2)27(35-4)24(16-17)34-3)25(26(22)31)29-14-13-21(30)18-7-10-20(28)11-8-18/h5-16,29,31H,1-4H3/b6-5-,14-13-. The molecule has 0 amide bonds. The molecule has 0 aliphatic heterocycles. The van der Waals surface area contributed by atoms with E-state index in [9.17, 15) is 9.90 Å². The number of ether oxygens (including phenoxy) is 4. The number of allylic oxidation sites excluding steroid dienone is 1. The van der Waals surface area contributed by atoms with Gasteiger partial charge in [-0.2, -0.15) is 0 Å². The minimum atomic E-state index is -0.217. The van der Waals surface area contributed by atoms with E-state index in [4.69, 9.17) is 30.5 Å². The van der Waals surface area contributed by atoms with Gasteiger partial charge >= 0.3 is 0 Å². The molecule has 35 heavy (non-hydrogen) atoms. The van der Waals surface area contributed by atoms with E-state index in [1.807, 2.05) is 6.08 Å². The number of phenolic OH excluding ortho intramolecular Hbond substituents is 1. The molecule has 0 atom stereocenters. The summed E-state index contributed by atoms with van der Waals surface area (Å²) in [4.78, 5) is 12.4. The van der Waals surface area contributed by atoms with E-state index < -0.39 is 0 Å². The number of methoxy groups -OCH3 is 4. The molecule has 0 spiro atoms. The van der Waals surface area contributed by atoms with Gasteiger partial charge in [-0.1, -0.05) is 23.8 Å². The maximum atomic E-state index is 12.4. The van der Waals surface area contributed by atoms with Gasteiger partial charge in [-0.25, -0.2) is 0 Å². The van der Waals surface area contributed by atoms with Gasteiger partial charge in [0.05, 0.1) is 34.1 Å². The third-order valence-corrected chi connectivity index (χ3v) is 5.38. The summed E-state index contributed by atoms with van der Waals surface area (Å²) in [6.07, 6.45) is 6.47. The topological polar surface area (TPSA) is 86.3 Å². The summed E-state index contributed by atoms with van der Waals surface area (Å²) in [6, 6.07) is 13.6. The van der Waals surface area contributed by atoms with Crippen molar-refractivity contribution in [2.45, 2.75) is 0 Å². The maximum absolute atomic E-state index is 12.4. The average Bonchev–Trinajstić information content (AvgIpc) is 2.88. The first-order chi connectivity index (χ1) is 16.9. The summed E-state index contributed by atoms with van der Waals surface area (Å²) in [5.41, 5.74) is 2.30. The molecular formula is C27H26ClNO6. The Labute approximate surface area is 209 Å². The molecule has 0 radical (unpaired) electrons. The van der Waals surface area contributed by atoms with Crippen LogP contribution in [0.1, 0.15) is 21.5 Å². The molecule has 0 aliphatic rings. The van der Waals surface area contributed by atoms with Crippen molar-refractivity contribution in [3.63, 3.8) is 0 Å². The Hall–Kier alpha value is -4.10. The van der Waals surface area contributed by atoms with Crippen molar-refractivity contribution in [2.75, 3.05) is 33.8 Å². The van der Waals surface area contributed by atoms with Crippen LogP contribution in [0.4, 0.5) is 5.69 Å². The number of anilines is 1. The highest BCUT2D eigenvalue weighted by Gasteiger charge is 2.14. The quantitative estimate of drug-likeness (QED) is 0.153. The molecule has 0 fully saturated rings. The number of carbonyl (C=O) groups is 1. The van der Waals surface area contributed by atoms with Crippen LogP contribution in [0.2, 0.25) is 5.02 Å². The van der Waals surface area contributed by atoms with E-state index in [1.54, 1.807) is 75.9 Å². The van der Waals surface area contributed by atoms with Crippen molar-refractivity contribution in [3.05, 3.63) is 82.5 Å². The summed E-state index contributed by atoms with van der Waals surface area (Å²) in [7, 11) is 6.10. The fourth-order valence-electron chi connectivity index (χ4n) is 3.34. The van der Waals surface area contributed by atoms with Crippen LogP contribution in [-0.4, -0.2) is 39.3 Å². The number of nitrogens with one attached hydrogen (secondary N) is 1. The van der Waals surface area contributed by atoms with E-state index in [0.29, 0.717) is 39.1 Å². The van der Waals surface area contributed by atoms with Crippen LogP contribution >= 0.6 is 11.6 Å². The van der Waals surface area contributed by atoms with Crippen LogP contribution in [0, 0.1) is 0 Å². The highest BCUT2D eigenvalue weighted by atomic mass is 35.5. The lowest BCUT2D eigenvalue weighted by molar-refractivity contribution is 0.104. The number of carbonyl (C=O) groups excluding carboxylic acids is 1. The molecule has 3 aromatic rings. The Morgan fingerprint density at radius 1 is 0.857 bits per heavy atom. The van der Waals surface area contributed by atoms with Crippen LogP contribution in [0.5, 0.6) is 28.7 Å². The Bertz CT molecular complexity index is 1230. The number of halogens is 1. The zero-order valence-electron chi connectivity index (χ0n) is 19.8. The lowest BCUT2D eigenvalue weighted by Crippen LogP contribution is -1.98. The molecule has 8 heteroatoms. The Kier molecular flexibility index (Phi) is 8.64. The van der Waals surface area contributed by atoms with Gasteiger partial charge < -0.3 is 29.4 Å². The zero-order chi connectivity index (χ0) is 25.4. The van der Waals surface area contributed by atoms with Crippen LogP contribution in [0.3, 0.4) is 0 Å². The van der Waals surface area contributed by atoms with Crippen LogP contribution in [0.25, 0.3) is 12.2 Å². The molecule has 0 aliphatic carbocycles. The summed E-state index contributed by atoms with van der Waals surface area (Å²) in [5, 5.41) is 14.2. The monoisotopic (exact) mass is 495 g/mol. The van der Waals surface area contributed by atoms with Gasteiger partial charge in [0.25, 0.3) is 0 Å². The van der Waals surface area contributed by atoms with Crippen molar-refractivity contribution < 1.29 is 28.8 Å². The second kappa shape index (κ2) is 11.9. The van der Waals surface area contributed by atoms with Crippen molar-refractivity contribution >= 4 is 35.2 Å². The van der Waals surface area contributed by atoms with Crippen molar-refractivity contribution in [1.29, 1.82) is 0 Å². The van der Waals surface area contributed by atoms with E-state index in [0.717, 1.165) is 5.56 Å². The Morgan fingerprint density at radius 3 is 2.06 bits per heavy atom. The van der Waals surface area contributed by atoms with Crippen molar-refractivity contribution in [2.24, 2.45) is 0 Å². The maximum Gasteiger partial charge on any atom is 0.203 e. The summed E-state index contributed by atoms with van der Waals surface area (Å²) in [5.74, 6) is 1.51. The first-order valence-electron chi connectivity index (χ1n) is 10.5. The van der Waals surface area contributed by atoms with Gasteiger partial charge in [0.1, 0.15) is 0 Å². The Balaban J connectivity index is 1.91. The fraction of sp³-hybridized carbons (Fsp3) is 0.148. The van der Waals surface area contributed by atoms with Gasteiger partial charge in [0.2, 0.25) is 5.75 Å². The summed E-state index contributed by atoms with van der Waals surface area (Å²) < 4.78 is 21.4. The molecular weight excluding hydrogens is 470 g/mol. The highest BCUT2D eigenvalue weighted by molar-refractivity contribution is 6.30. The second-order valence-corrected chi connectivity index (χ2v) is 7.66. The largest absolute Gasteiger partial charge is 0.503 e. The SMILES string of the molecule is COc1ccc(/C=C\c2cc(OC)c(OC)c(OC)c2)c(N/C=C\C(=O)c2ccc(Cl)cc2)c1O. The summed E-state index contributed by atoms with van der Waals surface area (Å²) >= 11 is 5.88. The number of hydrogen-bond donors (Lipinski definition) is 2. The second-order valence-electron chi connectivity index (χ2n) is 7.22. The third-order valence-electron chi connectivity index (χ3n) is 5.13. The zero-order valence-corrected chi connectivity index (χ0v) is 20.6. The molecule has 3 rings (SSSR count). The Morgan fingerprint density at radius 2 is 1.49 bits per heavy atom. The molecule has 0 aromatic heterocycles. The number of aromatic hydroxyl groups is 1. The summed E-state index contributed by atoms with van der Waals surface area (Å²) in [6.45, 7) is 0. The molecule has 7 nitrogen and oxygen atoms in total. The molecule has 0 bridgehead atoms. The lowest BCUT2D eigenvalue weighted by Gasteiger charge is -2.13. The average molecular weight is 496 g/mol. The molecule has 182 valence electrons. The fourth-order valence-corrected chi connectivity index (χ4v) is 3.46. The predicted molar refractivity (Wildman–Crippen MR) is 138 cm³/mol. The van der Waals surface area contributed by atoms with Crippen molar-refractivity contribution in [3.8, 4) is 28.7 Å². The third kappa shape index (κ3) is 6.07. The molecule has 0 saturated heterocycles. The van der Waals surface area contributed by atoms with Gasteiger partial charge in [0.15, 0.2) is 28.8 Å². The van der Waals surface area contributed by atoms with Gasteiger partial charge in [-0.15, -0.1) is 0 Å². The molecule has 3 aromatic carbocycles. The van der Waals surface area contributed by atoms with Crippen molar-refractivity contribution in [1.82, 2.24) is 0 Å². The number of hydrogen-bond acceptors (Lipinski definition) is 7. The molecule has 0 unspecified atom stereocenters. The van der Waals surface area contributed by atoms with Crippen LogP contribution < -0.4 is 24.3 Å². The highest BCUT2D eigenvalue weighted by Crippen LogP contribution is 2.40. The number of rotatable bonds is 10. The molecule has 2 N–H and O–H groups in total. The van der Waals surface area contributed by atoms with Gasteiger partial charge in [0, 0.05) is 28.4 Å². The predicted octanol–water partition coefficient (Wildman–Crippen LogP) is 6.06. The molecule has 0 saturated carbocycles. The lowest BCUT2D eigenvalue weighted by atomic mass is 10.1. The van der Waals surface area contributed by atoms with Gasteiger partial charge in [-0.3, -0.25) is 4.79 Å². The van der Waals surface area contributed by atoms with E-state index >= 15 is 0 Å². The number of ketones is 1. The number of phenols is 1. The van der Waals surface area contributed by atoms with E-state index in [2.05, 4.69) is 5.32 Å². The van der Waals surface area contributed by atoms with Gasteiger partial charge in [-0.05, 0) is 54.1 Å². The smallest absolute Gasteiger partial charge is 0.203 e. The van der Waals surface area contributed by atoms with Crippen LogP contribution in [-0.2, 0) is 0 Å². The minimum Gasteiger partial charge on any atom is -0.503 e. The van der Waals surface area contributed by atoms with E-state index in [-0.39, 0.29) is 17.3 Å².